The molecule has 0 aromatic rings. The summed E-state index contributed by atoms with van der Waals surface area (Å²) in [6.45, 7) is 6.24. The zero-order chi connectivity index (χ0) is 14.8. The van der Waals surface area contributed by atoms with Crippen LogP contribution >= 0.6 is 0 Å². The van der Waals surface area contributed by atoms with Gasteiger partial charge in [0.1, 0.15) is 24.4 Å². The summed E-state index contributed by atoms with van der Waals surface area (Å²) in [5.41, 5.74) is -0.566. The molecule has 1 saturated heterocycles. The molecule has 7 heteroatoms. The van der Waals surface area contributed by atoms with Crippen LogP contribution in [0.2, 0.25) is 0 Å². The van der Waals surface area contributed by atoms with Crippen molar-refractivity contribution in [2.45, 2.75) is 63.9 Å². The molecule has 1 fully saturated rings. The first-order valence-electron chi connectivity index (χ1n) is 6.23. The van der Waals surface area contributed by atoms with Gasteiger partial charge in [-0.25, -0.2) is 0 Å². The van der Waals surface area contributed by atoms with Crippen molar-refractivity contribution in [2.75, 3.05) is 6.61 Å². The lowest BCUT2D eigenvalue weighted by Crippen LogP contribution is -2.65. The van der Waals surface area contributed by atoms with E-state index >= 15 is 0 Å². The van der Waals surface area contributed by atoms with Crippen LogP contribution in [0.4, 0.5) is 0 Å². The van der Waals surface area contributed by atoms with E-state index in [0.717, 1.165) is 0 Å². The maximum atomic E-state index is 11.2. The van der Waals surface area contributed by atoms with Crippen LogP contribution in [0.5, 0.6) is 0 Å². The number of aliphatic hydroxyl groups excluding tert-OH is 3. The summed E-state index contributed by atoms with van der Waals surface area (Å²) >= 11 is 0. The lowest BCUT2D eigenvalue weighted by atomic mass is 9.96. The topological polar surface area (TPSA) is 108 Å². The highest BCUT2D eigenvalue weighted by molar-refractivity contribution is 5.73. The number of amides is 1. The Bertz CT molecular complexity index is 316. The maximum absolute atomic E-state index is 11.2. The third-order valence-electron chi connectivity index (χ3n) is 2.72. The molecule has 0 aromatic carbocycles. The van der Waals surface area contributed by atoms with Crippen LogP contribution < -0.4 is 5.32 Å². The number of hydrogen-bond donors (Lipinski definition) is 4. The third kappa shape index (κ3) is 4.39. The van der Waals surface area contributed by atoms with Crippen LogP contribution in [-0.4, -0.2) is 64.1 Å². The highest BCUT2D eigenvalue weighted by Gasteiger charge is 2.46. The normalized spacial score (nSPS) is 36.1. The predicted octanol–water partition coefficient (Wildman–Crippen LogP) is -1.25. The van der Waals surface area contributed by atoms with Gasteiger partial charge < -0.3 is 30.1 Å². The molecule has 5 atom stereocenters. The van der Waals surface area contributed by atoms with Crippen molar-refractivity contribution in [3.05, 3.63) is 0 Å². The monoisotopic (exact) mass is 277 g/mol. The maximum Gasteiger partial charge on any atom is 0.217 e. The van der Waals surface area contributed by atoms with Gasteiger partial charge in [0, 0.05) is 6.92 Å². The summed E-state index contributed by atoms with van der Waals surface area (Å²) in [6, 6.07) is -0.894. The number of carbonyl (C=O) groups excluding carboxylic acids is 1. The molecular weight excluding hydrogens is 254 g/mol. The quantitative estimate of drug-likeness (QED) is 0.513. The molecule has 0 aliphatic carbocycles. The second kappa shape index (κ2) is 6.15. The number of nitrogens with one attached hydrogen (secondary N) is 1. The van der Waals surface area contributed by atoms with E-state index in [0.29, 0.717) is 0 Å². The van der Waals surface area contributed by atoms with E-state index in [1.54, 1.807) is 20.8 Å². The van der Waals surface area contributed by atoms with E-state index < -0.39 is 42.9 Å². The molecule has 1 amide bonds. The van der Waals surface area contributed by atoms with Crippen molar-refractivity contribution in [3.8, 4) is 0 Å². The van der Waals surface area contributed by atoms with Crippen molar-refractivity contribution in [1.29, 1.82) is 0 Å². The summed E-state index contributed by atoms with van der Waals surface area (Å²) in [5, 5.41) is 31.4. The number of carbonyl (C=O) groups is 1. The van der Waals surface area contributed by atoms with Crippen LogP contribution in [0.1, 0.15) is 27.7 Å². The number of ether oxygens (including phenoxy) is 2. The summed E-state index contributed by atoms with van der Waals surface area (Å²) < 4.78 is 11.0. The lowest BCUT2D eigenvalue weighted by molar-refractivity contribution is -0.292. The second-order valence-electron chi connectivity index (χ2n) is 5.66. The van der Waals surface area contributed by atoms with Crippen LogP contribution in [0.3, 0.4) is 0 Å². The summed E-state index contributed by atoms with van der Waals surface area (Å²) in [5.74, 6) is -0.371. The van der Waals surface area contributed by atoms with Crippen LogP contribution in [-0.2, 0) is 14.3 Å². The smallest absolute Gasteiger partial charge is 0.217 e. The Labute approximate surface area is 112 Å². The van der Waals surface area contributed by atoms with Crippen molar-refractivity contribution >= 4 is 5.91 Å². The van der Waals surface area contributed by atoms with Gasteiger partial charge in [0.05, 0.1) is 12.2 Å². The minimum atomic E-state index is -1.29. The minimum absolute atomic E-state index is 0.371. The average molecular weight is 277 g/mol. The molecule has 112 valence electrons. The standard InChI is InChI=1S/C12H23NO6/c1-6(15)13-8-10(17)9(16)7(5-14)18-11(8)19-12(2,3)4/h7-11,14,16-17H,5H2,1-4H3,(H,13,15)/t7-,8-,9+,10-,11+/m0/s1. The highest BCUT2D eigenvalue weighted by Crippen LogP contribution is 2.25. The van der Waals surface area contributed by atoms with E-state index in [2.05, 4.69) is 5.32 Å². The molecule has 1 aliphatic rings. The fourth-order valence-corrected chi connectivity index (χ4v) is 1.92. The number of rotatable bonds is 3. The van der Waals surface area contributed by atoms with Crippen LogP contribution in [0.15, 0.2) is 0 Å². The van der Waals surface area contributed by atoms with Gasteiger partial charge in [-0.3, -0.25) is 4.79 Å². The molecule has 7 nitrogen and oxygen atoms in total. The van der Waals surface area contributed by atoms with E-state index in [-0.39, 0.29) is 5.91 Å². The largest absolute Gasteiger partial charge is 0.394 e. The van der Waals surface area contributed by atoms with Crippen molar-refractivity contribution in [3.63, 3.8) is 0 Å². The van der Waals surface area contributed by atoms with Gasteiger partial charge >= 0.3 is 0 Å². The fourth-order valence-electron chi connectivity index (χ4n) is 1.92. The van der Waals surface area contributed by atoms with Crippen LogP contribution in [0.25, 0.3) is 0 Å². The molecule has 19 heavy (non-hydrogen) atoms. The Balaban J connectivity index is 2.89. The van der Waals surface area contributed by atoms with Crippen molar-refractivity contribution in [2.24, 2.45) is 0 Å². The first-order valence-corrected chi connectivity index (χ1v) is 6.23. The first kappa shape index (κ1) is 16.3. The Morgan fingerprint density at radius 3 is 2.32 bits per heavy atom. The van der Waals surface area contributed by atoms with Gasteiger partial charge in [-0.15, -0.1) is 0 Å². The van der Waals surface area contributed by atoms with Gasteiger partial charge in [-0.2, -0.15) is 0 Å². The Morgan fingerprint density at radius 1 is 1.32 bits per heavy atom. The second-order valence-corrected chi connectivity index (χ2v) is 5.66. The summed E-state index contributed by atoms with van der Waals surface area (Å²) in [4.78, 5) is 11.2. The van der Waals surface area contributed by atoms with E-state index in [9.17, 15) is 15.0 Å². The first-order chi connectivity index (χ1) is 8.65. The van der Waals surface area contributed by atoms with Gasteiger partial charge in [-0.1, -0.05) is 0 Å². The van der Waals surface area contributed by atoms with Gasteiger partial charge in [0.15, 0.2) is 6.29 Å². The Morgan fingerprint density at radius 2 is 1.89 bits per heavy atom. The lowest BCUT2D eigenvalue weighted by Gasteiger charge is -2.44. The van der Waals surface area contributed by atoms with E-state index in [4.69, 9.17) is 14.6 Å². The summed E-state index contributed by atoms with van der Waals surface area (Å²) in [6.07, 6.45) is -4.46. The third-order valence-corrected chi connectivity index (χ3v) is 2.72. The summed E-state index contributed by atoms with van der Waals surface area (Å²) in [7, 11) is 0. The zero-order valence-corrected chi connectivity index (χ0v) is 11.7. The van der Waals surface area contributed by atoms with Crippen molar-refractivity contribution < 1.29 is 29.6 Å². The fraction of sp³-hybridized carbons (Fsp3) is 0.917. The highest BCUT2D eigenvalue weighted by atomic mass is 16.7. The molecule has 1 heterocycles. The van der Waals surface area contributed by atoms with E-state index in [1.807, 2.05) is 0 Å². The average Bonchev–Trinajstić information content (AvgIpc) is 2.26. The number of aliphatic hydroxyl groups is 3. The molecule has 1 rings (SSSR count). The predicted molar refractivity (Wildman–Crippen MR) is 66.2 cm³/mol. The minimum Gasteiger partial charge on any atom is -0.394 e. The molecule has 1 aliphatic heterocycles. The zero-order valence-electron chi connectivity index (χ0n) is 11.7. The molecule has 0 saturated carbocycles. The molecular formula is C12H23NO6. The van der Waals surface area contributed by atoms with Crippen LogP contribution in [0, 0.1) is 0 Å². The molecule has 0 unspecified atom stereocenters. The molecule has 0 spiro atoms. The molecule has 0 radical (unpaired) electrons. The molecule has 0 aromatic heterocycles. The van der Waals surface area contributed by atoms with E-state index in [1.165, 1.54) is 6.92 Å². The van der Waals surface area contributed by atoms with Crippen molar-refractivity contribution in [1.82, 2.24) is 5.32 Å². The SMILES string of the molecule is CC(=O)N[C@@H]1[C@@H](OC(C)(C)C)O[C@@H](CO)[C@@H](O)[C@H]1O. The molecule has 0 bridgehead atoms. The van der Waals surface area contributed by atoms with Gasteiger partial charge in [-0.05, 0) is 20.8 Å². The van der Waals surface area contributed by atoms with Gasteiger partial charge in [0.25, 0.3) is 0 Å². The molecule has 4 N–H and O–H groups in total. The van der Waals surface area contributed by atoms with Gasteiger partial charge in [0.2, 0.25) is 5.91 Å². The number of hydrogen-bond acceptors (Lipinski definition) is 6. The Hall–Kier alpha value is -0.730. The Kier molecular flexibility index (Phi) is 5.28.